The second kappa shape index (κ2) is 3.27. The van der Waals surface area contributed by atoms with Crippen LogP contribution >= 0.6 is 0 Å². The van der Waals surface area contributed by atoms with Crippen LogP contribution in [-0.2, 0) is 0 Å². The molecule has 0 aliphatic carbocycles. The molecule has 1 fully saturated rings. The van der Waals surface area contributed by atoms with Gasteiger partial charge in [-0.25, -0.2) is 0 Å². The molecule has 1 saturated heterocycles. The van der Waals surface area contributed by atoms with Crippen LogP contribution in [0.25, 0.3) is 0 Å². The summed E-state index contributed by atoms with van der Waals surface area (Å²) in [6.45, 7) is 3.43. The Labute approximate surface area is 72.6 Å². The van der Waals surface area contributed by atoms with E-state index < -0.39 is 0 Å². The van der Waals surface area contributed by atoms with Gasteiger partial charge in [-0.2, -0.15) is 5.10 Å². The molecule has 0 saturated carbocycles. The molecule has 0 aromatic carbocycles. The molecule has 12 heavy (non-hydrogen) atoms. The minimum atomic E-state index is 0.528. The van der Waals surface area contributed by atoms with Crippen molar-refractivity contribution in [2.45, 2.75) is 25.8 Å². The van der Waals surface area contributed by atoms with Gasteiger partial charge in [0.05, 0.1) is 6.20 Å². The number of nitrogens with one attached hydrogen (secondary N) is 2. The van der Waals surface area contributed by atoms with Gasteiger partial charge >= 0.3 is 0 Å². The molecule has 0 radical (unpaired) electrons. The molecular weight excluding hydrogens is 150 g/mol. The fraction of sp³-hybridized carbons (Fsp3) is 0.667. The molecule has 66 valence electrons. The van der Waals surface area contributed by atoms with Crippen LogP contribution in [0, 0.1) is 5.92 Å². The quantitative estimate of drug-likeness (QED) is 0.661. The lowest BCUT2D eigenvalue weighted by Gasteiger charge is -2.26. The lowest BCUT2D eigenvalue weighted by molar-refractivity contribution is 0.333. The average Bonchev–Trinajstić information content (AvgIpc) is 2.58. The summed E-state index contributed by atoms with van der Waals surface area (Å²) in [5, 5.41) is 10.3. The lowest BCUT2D eigenvalue weighted by Crippen LogP contribution is -2.31. The second-order valence-corrected chi connectivity index (χ2v) is 3.67. The summed E-state index contributed by atoms with van der Waals surface area (Å²) in [5.74, 6) is 0.827. The molecule has 1 aliphatic rings. The number of hydrogen-bond acceptors (Lipinski definition) is 2. The van der Waals surface area contributed by atoms with Gasteiger partial charge in [-0.1, -0.05) is 6.92 Å². The predicted octanol–water partition coefficient (Wildman–Crippen LogP) is 1.47. The Bertz CT molecular complexity index is 222. The normalized spacial score (nSPS) is 30.4. The number of hydrogen-bond donors (Lipinski definition) is 2. The third kappa shape index (κ3) is 1.50. The first-order valence-electron chi connectivity index (χ1n) is 4.58. The Hall–Kier alpha value is -0.830. The second-order valence-electron chi connectivity index (χ2n) is 3.67. The number of H-pyrrole nitrogens is 1. The Kier molecular flexibility index (Phi) is 2.13. The van der Waals surface area contributed by atoms with Crippen molar-refractivity contribution >= 4 is 0 Å². The molecular formula is C9H15N3. The zero-order valence-electron chi connectivity index (χ0n) is 7.38. The van der Waals surface area contributed by atoms with Crippen molar-refractivity contribution < 1.29 is 0 Å². The first kappa shape index (κ1) is 7.80. The molecule has 0 bridgehead atoms. The van der Waals surface area contributed by atoms with Gasteiger partial charge in [-0.3, -0.25) is 5.10 Å². The van der Waals surface area contributed by atoms with E-state index in [4.69, 9.17) is 0 Å². The first-order valence-corrected chi connectivity index (χ1v) is 4.58. The minimum Gasteiger partial charge on any atom is -0.310 e. The van der Waals surface area contributed by atoms with Gasteiger partial charge < -0.3 is 5.32 Å². The summed E-state index contributed by atoms with van der Waals surface area (Å²) >= 11 is 0. The highest BCUT2D eigenvalue weighted by Crippen LogP contribution is 2.24. The summed E-state index contributed by atoms with van der Waals surface area (Å²) in [5.41, 5.74) is 1.29. The highest BCUT2D eigenvalue weighted by Gasteiger charge is 2.18. The van der Waals surface area contributed by atoms with Crippen molar-refractivity contribution in [2.75, 3.05) is 6.54 Å². The standard InChI is InChI=1S/C9H15N3/c1-7-2-3-9(10-4-7)8-5-11-12-6-8/h5-7,9-10H,2-4H2,1H3,(H,11,12)/t7-,9+/m0/s1. The topological polar surface area (TPSA) is 40.7 Å². The lowest BCUT2D eigenvalue weighted by atomic mass is 9.94. The third-order valence-electron chi connectivity index (χ3n) is 2.58. The number of aromatic amines is 1. The average molecular weight is 165 g/mol. The monoisotopic (exact) mass is 165 g/mol. The van der Waals surface area contributed by atoms with E-state index in [0.717, 1.165) is 12.5 Å². The van der Waals surface area contributed by atoms with Crippen molar-refractivity contribution in [1.29, 1.82) is 0 Å². The molecule has 0 spiro atoms. The minimum absolute atomic E-state index is 0.528. The van der Waals surface area contributed by atoms with Crippen LogP contribution in [0.5, 0.6) is 0 Å². The van der Waals surface area contributed by atoms with E-state index in [-0.39, 0.29) is 0 Å². The molecule has 0 unspecified atom stereocenters. The van der Waals surface area contributed by atoms with Crippen LogP contribution in [0.4, 0.5) is 0 Å². The Morgan fingerprint density at radius 3 is 3.00 bits per heavy atom. The van der Waals surface area contributed by atoms with Crippen molar-refractivity contribution in [3.8, 4) is 0 Å². The van der Waals surface area contributed by atoms with Gasteiger partial charge in [0.2, 0.25) is 0 Å². The van der Waals surface area contributed by atoms with Gasteiger partial charge in [0.15, 0.2) is 0 Å². The third-order valence-corrected chi connectivity index (χ3v) is 2.58. The molecule has 1 aromatic heterocycles. The number of aromatic nitrogens is 2. The largest absolute Gasteiger partial charge is 0.310 e. The SMILES string of the molecule is C[C@H]1CC[C@H](c2cn[nH]c2)NC1. The Morgan fingerprint density at radius 2 is 2.42 bits per heavy atom. The summed E-state index contributed by atoms with van der Waals surface area (Å²) in [6, 6.07) is 0.528. The van der Waals surface area contributed by atoms with Gasteiger partial charge in [0.25, 0.3) is 0 Å². The van der Waals surface area contributed by atoms with Gasteiger partial charge in [-0.15, -0.1) is 0 Å². The molecule has 2 rings (SSSR count). The zero-order valence-corrected chi connectivity index (χ0v) is 7.38. The van der Waals surface area contributed by atoms with Crippen LogP contribution < -0.4 is 5.32 Å². The van der Waals surface area contributed by atoms with E-state index in [9.17, 15) is 0 Å². The van der Waals surface area contributed by atoms with Crippen LogP contribution in [-0.4, -0.2) is 16.7 Å². The summed E-state index contributed by atoms with van der Waals surface area (Å²) in [4.78, 5) is 0. The molecule has 3 heteroatoms. The fourth-order valence-corrected chi connectivity index (χ4v) is 1.73. The maximum absolute atomic E-state index is 3.95. The smallest absolute Gasteiger partial charge is 0.0535 e. The number of rotatable bonds is 1. The van der Waals surface area contributed by atoms with E-state index >= 15 is 0 Å². The maximum Gasteiger partial charge on any atom is 0.0535 e. The van der Waals surface area contributed by atoms with E-state index in [2.05, 4.69) is 22.4 Å². The molecule has 2 heterocycles. The molecule has 1 aromatic rings. The van der Waals surface area contributed by atoms with Crippen molar-refractivity contribution in [3.63, 3.8) is 0 Å². The predicted molar refractivity (Wildman–Crippen MR) is 47.7 cm³/mol. The molecule has 3 nitrogen and oxygen atoms in total. The van der Waals surface area contributed by atoms with E-state index in [0.29, 0.717) is 6.04 Å². The Balaban J connectivity index is 1.99. The number of nitrogens with zero attached hydrogens (tertiary/aromatic N) is 1. The summed E-state index contributed by atoms with van der Waals surface area (Å²) < 4.78 is 0. The van der Waals surface area contributed by atoms with Gasteiger partial charge in [0, 0.05) is 17.8 Å². The van der Waals surface area contributed by atoms with E-state index in [1.54, 1.807) is 0 Å². The number of piperidine rings is 1. The van der Waals surface area contributed by atoms with E-state index in [1.165, 1.54) is 18.4 Å². The van der Waals surface area contributed by atoms with E-state index in [1.807, 2.05) is 12.4 Å². The highest BCUT2D eigenvalue weighted by molar-refractivity contribution is 5.10. The highest BCUT2D eigenvalue weighted by atomic mass is 15.1. The van der Waals surface area contributed by atoms with Crippen LogP contribution in [0.1, 0.15) is 31.4 Å². The van der Waals surface area contributed by atoms with Crippen LogP contribution in [0.3, 0.4) is 0 Å². The fourth-order valence-electron chi connectivity index (χ4n) is 1.73. The van der Waals surface area contributed by atoms with Crippen molar-refractivity contribution in [1.82, 2.24) is 15.5 Å². The molecule has 1 aliphatic heterocycles. The van der Waals surface area contributed by atoms with Crippen molar-refractivity contribution in [2.24, 2.45) is 5.92 Å². The van der Waals surface area contributed by atoms with Crippen LogP contribution in [0.2, 0.25) is 0 Å². The van der Waals surface area contributed by atoms with Gasteiger partial charge in [0.1, 0.15) is 0 Å². The summed E-state index contributed by atoms with van der Waals surface area (Å²) in [7, 11) is 0. The first-order chi connectivity index (χ1) is 5.86. The van der Waals surface area contributed by atoms with Crippen molar-refractivity contribution in [3.05, 3.63) is 18.0 Å². The summed E-state index contributed by atoms with van der Waals surface area (Å²) in [6.07, 6.45) is 6.45. The Morgan fingerprint density at radius 1 is 1.50 bits per heavy atom. The molecule has 2 atom stereocenters. The maximum atomic E-state index is 3.95. The zero-order chi connectivity index (χ0) is 8.39. The van der Waals surface area contributed by atoms with Crippen LogP contribution in [0.15, 0.2) is 12.4 Å². The van der Waals surface area contributed by atoms with Gasteiger partial charge in [-0.05, 0) is 25.3 Å². The molecule has 2 N–H and O–H groups in total. The molecule has 0 amide bonds.